The van der Waals surface area contributed by atoms with Gasteiger partial charge < -0.3 is 9.80 Å². The van der Waals surface area contributed by atoms with Crippen molar-refractivity contribution < 1.29 is 9.59 Å². The van der Waals surface area contributed by atoms with Gasteiger partial charge >= 0.3 is 0 Å². The lowest BCUT2D eigenvalue weighted by atomic mass is 10.1. The van der Waals surface area contributed by atoms with E-state index < -0.39 is 0 Å². The molecule has 1 aromatic carbocycles. The Morgan fingerprint density at radius 3 is 2.39 bits per heavy atom. The van der Waals surface area contributed by atoms with Gasteiger partial charge in [0.1, 0.15) is 0 Å². The van der Waals surface area contributed by atoms with Crippen LogP contribution in [0.1, 0.15) is 42.9 Å². The van der Waals surface area contributed by atoms with Crippen LogP contribution in [-0.2, 0) is 4.79 Å². The zero-order chi connectivity index (χ0) is 19.8. The lowest BCUT2D eigenvalue weighted by Crippen LogP contribution is -2.50. The number of piperazine rings is 1. The third-order valence-corrected chi connectivity index (χ3v) is 6.04. The Morgan fingerprint density at radius 2 is 1.75 bits per heavy atom. The third-order valence-electron chi connectivity index (χ3n) is 5.02. The number of thiazole rings is 1. The molecule has 3 heterocycles. The molecule has 8 heteroatoms. The van der Waals surface area contributed by atoms with Crippen LogP contribution in [0.3, 0.4) is 0 Å². The molecule has 146 valence electrons. The Hall–Kier alpha value is -2.74. The van der Waals surface area contributed by atoms with Gasteiger partial charge in [0, 0.05) is 33.1 Å². The highest BCUT2D eigenvalue weighted by atomic mass is 32.1. The van der Waals surface area contributed by atoms with Gasteiger partial charge in [0.05, 0.1) is 15.9 Å². The topological polar surface area (TPSA) is 71.3 Å². The van der Waals surface area contributed by atoms with Gasteiger partial charge in [-0.2, -0.15) is 5.10 Å². The molecule has 2 aromatic heterocycles. The molecule has 7 nitrogen and oxygen atoms in total. The molecule has 0 unspecified atom stereocenters. The summed E-state index contributed by atoms with van der Waals surface area (Å²) in [6.45, 7) is 7.92. The minimum atomic E-state index is -0.0926. The molecule has 1 aliphatic heterocycles. The second-order valence-corrected chi connectivity index (χ2v) is 8.29. The van der Waals surface area contributed by atoms with Crippen LogP contribution in [0.2, 0.25) is 0 Å². The van der Waals surface area contributed by atoms with E-state index in [0.29, 0.717) is 31.9 Å². The summed E-state index contributed by atoms with van der Waals surface area (Å²) in [6.07, 6.45) is 0. The maximum Gasteiger partial charge on any atom is 0.274 e. The summed E-state index contributed by atoms with van der Waals surface area (Å²) in [5.41, 5.74) is 2.32. The quantitative estimate of drug-likeness (QED) is 0.681. The fraction of sp³-hybridized carbons (Fsp3) is 0.400. The Balaban J connectivity index is 1.63. The average Bonchev–Trinajstić information content (AvgIpc) is 3.31. The predicted molar refractivity (Wildman–Crippen MR) is 109 cm³/mol. The lowest BCUT2D eigenvalue weighted by Gasteiger charge is -2.33. The van der Waals surface area contributed by atoms with Gasteiger partial charge in [0.25, 0.3) is 5.91 Å². The Bertz CT molecular complexity index is 997. The first kappa shape index (κ1) is 18.6. The van der Waals surface area contributed by atoms with Crippen LogP contribution in [0.15, 0.2) is 30.3 Å². The predicted octanol–water partition coefficient (Wildman–Crippen LogP) is 2.91. The van der Waals surface area contributed by atoms with Crippen LogP contribution in [0.4, 0.5) is 0 Å². The van der Waals surface area contributed by atoms with E-state index in [0.717, 1.165) is 21.0 Å². The van der Waals surface area contributed by atoms with Crippen molar-refractivity contribution in [3.63, 3.8) is 0 Å². The zero-order valence-electron chi connectivity index (χ0n) is 16.3. The molecule has 0 N–H and O–H groups in total. The molecule has 1 fully saturated rings. The number of carbonyl (C=O) groups is 2. The van der Waals surface area contributed by atoms with Crippen molar-refractivity contribution in [2.24, 2.45) is 0 Å². The molecule has 3 aromatic rings. The first-order valence-electron chi connectivity index (χ1n) is 9.44. The van der Waals surface area contributed by atoms with Gasteiger partial charge in [-0.1, -0.05) is 37.3 Å². The van der Waals surface area contributed by atoms with Gasteiger partial charge in [-0.05, 0) is 24.1 Å². The number of hydrogen-bond acceptors (Lipinski definition) is 5. The molecule has 0 saturated carbocycles. The van der Waals surface area contributed by atoms with E-state index in [1.807, 2.05) is 30.3 Å². The largest absolute Gasteiger partial charge is 0.339 e. The molecule has 1 aliphatic rings. The number of rotatable bonds is 3. The summed E-state index contributed by atoms with van der Waals surface area (Å²) in [5, 5.41) is 5.39. The van der Waals surface area contributed by atoms with Crippen LogP contribution in [0.25, 0.3) is 15.3 Å². The molecule has 0 bridgehead atoms. The third kappa shape index (κ3) is 3.40. The molecule has 0 radical (unpaired) electrons. The lowest BCUT2D eigenvalue weighted by molar-refractivity contribution is -0.130. The van der Waals surface area contributed by atoms with E-state index in [-0.39, 0.29) is 17.7 Å². The number of amides is 2. The smallest absolute Gasteiger partial charge is 0.274 e. The first-order valence-corrected chi connectivity index (χ1v) is 10.3. The van der Waals surface area contributed by atoms with Gasteiger partial charge in [-0.3, -0.25) is 9.59 Å². The van der Waals surface area contributed by atoms with E-state index in [4.69, 9.17) is 4.98 Å². The molecule has 0 atom stereocenters. The number of benzene rings is 1. The molecule has 2 amide bonds. The number of fused-ring (bicyclic) bond motifs is 1. The highest BCUT2D eigenvalue weighted by Gasteiger charge is 2.26. The Labute approximate surface area is 167 Å². The fourth-order valence-electron chi connectivity index (χ4n) is 3.40. The molecular weight excluding hydrogens is 374 g/mol. The zero-order valence-corrected chi connectivity index (χ0v) is 17.1. The number of para-hydroxylation sites is 1. The Kier molecular flexibility index (Phi) is 4.89. The summed E-state index contributed by atoms with van der Waals surface area (Å²) in [6, 6.07) is 9.85. The molecule has 1 saturated heterocycles. The summed E-state index contributed by atoms with van der Waals surface area (Å²) in [5.74, 6) is 0.162. The first-order chi connectivity index (χ1) is 13.4. The number of nitrogens with zero attached hydrogens (tertiary/aromatic N) is 5. The highest BCUT2D eigenvalue weighted by Crippen LogP contribution is 2.28. The van der Waals surface area contributed by atoms with Gasteiger partial charge in [-0.25, -0.2) is 9.67 Å². The van der Waals surface area contributed by atoms with Gasteiger partial charge in [0.2, 0.25) is 11.0 Å². The molecular formula is C20H23N5O2S. The molecule has 28 heavy (non-hydrogen) atoms. The molecule has 0 aliphatic carbocycles. The standard InChI is InChI=1S/C20H23N5O2S/c1-13(2)17-12-16(19(27)24-10-8-23(9-11-24)14(3)26)22-25(17)20-21-15-6-4-5-7-18(15)28-20/h4-7,12-13H,8-11H2,1-3H3. The summed E-state index contributed by atoms with van der Waals surface area (Å²) in [7, 11) is 0. The monoisotopic (exact) mass is 397 g/mol. The fourth-order valence-corrected chi connectivity index (χ4v) is 4.34. The molecule has 0 spiro atoms. The van der Waals surface area contributed by atoms with E-state index in [2.05, 4.69) is 18.9 Å². The average molecular weight is 398 g/mol. The summed E-state index contributed by atoms with van der Waals surface area (Å²) >= 11 is 1.57. The maximum absolute atomic E-state index is 13.0. The minimum Gasteiger partial charge on any atom is -0.339 e. The second-order valence-electron chi connectivity index (χ2n) is 7.28. The van der Waals surface area contributed by atoms with E-state index in [1.165, 1.54) is 0 Å². The maximum atomic E-state index is 13.0. The van der Waals surface area contributed by atoms with Crippen molar-refractivity contribution in [1.82, 2.24) is 24.6 Å². The van der Waals surface area contributed by atoms with Crippen molar-refractivity contribution in [1.29, 1.82) is 0 Å². The number of aromatic nitrogens is 3. The van der Waals surface area contributed by atoms with Gasteiger partial charge in [-0.15, -0.1) is 0 Å². The van der Waals surface area contributed by atoms with Crippen molar-refractivity contribution in [3.8, 4) is 5.13 Å². The minimum absolute atomic E-state index is 0.0503. The van der Waals surface area contributed by atoms with E-state index >= 15 is 0 Å². The van der Waals surface area contributed by atoms with Crippen LogP contribution in [0.5, 0.6) is 0 Å². The molecule has 4 rings (SSSR count). The van der Waals surface area contributed by atoms with E-state index in [9.17, 15) is 9.59 Å². The van der Waals surface area contributed by atoms with Crippen molar-refractivity contribution in [2.75, 3.05) is 26.2 Å². The highest BCUT2D eigenvalue weighted by molar-refractivity contribution is 7.20. The van der Waals surface area contributed by atoms with Crippen LogP contribution in [-0.4, -0.2) is 62.6 Å². The van der Waals surface area contributed by atoms with Crippen molar-refractivity contribution in [2.45, 2.75) is 26.7 Å². The number of carbonyl (C=O) groups excluding carboxylic acids is 2. The van der Waals surface area contributed by atoms with E-state index in [1.54, 1.807) is 32.7 Å². The normalized spacial score (nSPS) is 14.9. The summed E-state index contributed by atoms with van der Waals surface area (Å²) in [4.78, 5) is 32.7. The van der Waals surface area contributed by atoms with Gasteiger partial charge in [0.15, 0.2) is 5.69 Å². The van der Waals surface area contributed by atoms with Crippen LogP contribution >= 0.6 is 11.3 Å². The van der Waals surface area contributed by atoms with Crippen molar-refractivity contribution in [3.05, 3.63) is 41.7 Å². The Morgan fingerprint density at radius 1 is 1.07 bits per heavy atom. The summed E-state index contributed by atoms with van der Waals surface area (Å²) < 4.78 is 2.89. The second kappa shape index (κ2) is 7.35. The SMILES string of the molecule is CC(=O)N1CCN(C(=O)c2cc(C(C)C)n(-c3nc4ccccc4s3)n2)CC1. The van der Waals surface area contributed by atoms with Crippen LogP contribution in [0, 0.1) is 0 Å². The number of hydrogen-bond donors (Lipinski definition) is 0. The van der Waals surface area contributed by atoms with Crippen LogP contribution < -0.4 is 0 Å². The van der Waals surface area contributed by atoms with Crippen molar-refractivity contribution >= 4 is 33.4 Å².